The highest BCUT2D eigenvalue weighted by molar-refractivity contribution is 7.89. The fourth-order valence-electron chi connectivity index (χ4n) is 2.87. The number of nitrogens with zero attached hydrogens (tertiary/aromatic N) is 2. The summed E-state index contributed by atoms with van der Waals surface area (Å²) in [7, 11) is -0.839. The number of aromatic amines is 1. The van der Waals surface area contributed by atoms with Gasteiger partial charge in [0.05, 0.1) is 31.4 Å². The second-order valence-electron chi connectivity index (χ2n) is 6.68. The van der Waals surface area contributed by atoms with Crippen molar-refractivity contribution in [3.63, 3.8) is 0 Å². The van der Waals surface area contributed by atoms with Gasteiger partial charge >= 0.3 is 0 Å². The number of rotatable bonds is 5. The molecule has 0 fully saturated rings. The van der Waals surface area contributed by atoms with Gasteiger partial charge in [-0.05, 0) is 47.8 Å². The van der Waals surface area contributed by atoms with E-state index < -0.39 is 15.9 Å². The number of sulfonamides is 1. The minimum atomic E-state index is -3.69. The van der Waals surface area contributed by atoms with Crippen LogP contribution in [0.15, 0.2) is 58.8 Å². The average molecular weight is 461 g/mol. The van der Waals surface area contributed by atoms with Crippen LogP contribution in [0.25, 0.3) is 21.7 Å². The van der Waals surface area contributed by atoms with Crippen LogP contribution in [-0.2, 0) is 10.0 Å². The Morgan fingerprint density at radius 3 is 2.67 bits per heavy atom. The second kappa shape index (κ2) is 7.84. The summed E-state index contributed by atoms with van der Waals surface area (Å²) >= 11 is 7.74. The van der Waals surface area contributed by atoms with E-state index in [9.17, 15) is 13.2 Å². The van der Waals surface area contributed by atoms with Gasteiger partial charge in [-0.3, -0.25) is 4.79 Å². The third kappa shape index (κ3) is 3.84. The van der Waals surface area contributed by atoms with Crippen molar-refractivity contribution >= 4 is 55.6 Å². The molecule has 0 aliphatic rings. The Morgan fingerprint density at radius 2 is 1.97 bits per heavy atom. The monoisotopic (exact) mass is 460 g/mol. The molecule has 4 aromatic rings. The summed E-state index contributed by atoms with van der Waals surface area (Å²) in [6, 6.07) is 13.3. The fraction of sp³-hybridized carbons (Fsp3) is 0.100. The van der Waals surface area contributed by atoms with Crippen LogP contribution < -0.4 is 5.32 Å². The number of nitrogens with one attached hydrogen (secondary N) is 2. The molecule has 4 rings (SSSR count). The molecule has 154 valence electrons. The smallest absolute Gasteiger partial charge is 0.257 e. The first kappa shape index (κ1) is 20.5. The van der Waals surface area contributed by atoms with Gasteiger partial charge in [0.25, 0.3) is 5.91 Å². The van der Waals surface area contributed by atoms with Gasteiger partial charge in [-0.25, -0.2) is 17.7 Å². The summed E-state index contributed by atoms with van der Waals surface area (Å²) in [5.74, 6) is 0.251. The maximum absolute atomic E-state index is 12.8. The molecule has 0 saturated heterocycles. The Hall–Kier alpha value is -2.72. The van der Waals surface area contributed by atoms with Crippen LogP contribution >= 0.6 is 22.9 Å². The molecule has 2 aromatic heterocycles. The first-order chi connectivity index (χ1) is 14.3. The number of hydrogen-bond acceptors (Lipinski definition) is 5. The molecular formula is C20H17ClN4O3S2. The van der Waals surface area contributed by atoms with Crippen molar-refractivity contribution in [3.05, 3.63) is 64.5 Å². The van der Waals surface area contributed by atoms with E-state index >= 15 is 0 Å². The van der Waals surface area contributed by atoms with Crippen LogP contribution in [0.5, 0.6) is 0 Å². The molecule has 0 radical (unpaired) electrons. The molecule has 0 unspecified atom stereocenters. The maximum Gasteiger partial charge on any atom is 0.257 e. The van der Waals surface area contributed by atoms with E-state index in [1.54, 1.807) is 29.5 Å². The van der Waals surface area contributed by atoms with Gasteiger partial charge < -0.3 is 10.3 Å². The molecule has 2 N–H and O–H groups in total. The number of carbonyl (C=O) groups excluding carboxylic acids is 1. The molecule has 0 saturated carbocycles. The normalized spacial score (nSPS) is 11.9. The van der Waals surface area contributed by atoms with Crippen molar-refractivity contribution in [1.82, 2.24) is 14.3 Å². The zero-order chi connectivity index (χ0) is 21.5. The van der Waals surface area contributed by atoms with Crippen molar-refractivity contribution in [2.45, 2.75) is 4.90 Å². The van der Waals surface area contributed by atoms with Gasteiger partial charge in [0.15, 0.2) is 0 Å². The third-order valence-electron chi connectivity index (χ3n) is 4.46. The van der Waals surface area contributed by atoms with Crippen molar-refractivity contribution in [2.75, 3.05) is 19.4 Å². The lowest BCUT2D eigenvalue weighted by Crippen LogP contribution is -2.23. The Kier molecular flexibility index (Phi) is 5.37. The van der Waals surface area contributed by atoms with Crippen LogP contribution in [0.3, 0.4) is 0 Å². The standard InChI is InChI=1S/C20H17ClN4O3S2/c1-25(2)30(27,28)13-6-7-15(21)14(11-13)20(26)22-12-5-8-16-17(10-12)24-19(23-16)18-4-3-9-29-18/h3-11H,1-2H3,(H,22,26)(H,23,24). The summed E-state index contributed by atoms with van der Waals surface area (Å²) < 4.78 is 25.8. The van der Waals surface area contributed by atoms with Gasteiger partial charge in [-0.2, -0.15) is 0 Å². The van der Waals surface area contributed by atoms with Gasteiger partial charge in [-0.15, -0.1) is 11.3 Å². The predicted molar refractivity (Wildman–Crippen MR) is 120 cm³/mol. The second-order valence-corrected chi connectivity index (χ2v) is 10.2. The first-order valence-corrected chi connectivity index (χ1v) is 11.5. The largest absolute Gasteiger partial charge is 0.337 e. The lowest BCUT2D eigenvalue weighted by molar-refractivity contribution is 0.102. The van der Waals surface area contributed by atoms with Crippen molar-refractivity contribution in [2.24, 2.45) is 0 Å². The van der Waals surface area contributed by atoms with Crippen LogP contribution in [0.2, 0.25) is 5.02 Å². The number of carbonyl (C=O) groups is 1. The third-order valence-corrected chi connectivity index (χ3v) is 7.47. The molecule has 30 heavy (non-hydrogen) atoms. The fourth-order valence-corrected chi connectivity index (χ4v) is 4.67. The number of halogens is 1. The number of benzene rings is 2. The van der Waals surface area contributed by atoms with Crippen molar-refractivity contribution in [3.8, 4) is 10.7 Å². The summed E-state index contributed by atoms with van der Waals surface area (Å²) in [5, 5.41) is 4.90. The van der Waals surface area contributed by atoms with Crippen LogP contribution in [0, 0.1) is 0 Å². The zero-order valence-corrected chi connectivity index (χ0v) is 18.4. The lowest BCUT2D eigenvalue weighted by atomic mass is 10.2. The molecule has 0 bridgehead atoms. The van der Waals surface area contributed by atoms with E-state index in [2.05, 4.69) is 15.3 Å². The number of thiophene rings is 1. The highest BCUT2D eigenvalue weighted by Crippen LogP contribution is 2.27. The quantitative estimate of drug-likeness (QED) is 0.460. The molecular weight excluding hydrogens is 444 g/mol. The average Bonchev–Trinajstić information content (AvgIpc) is 3.37. The summed E-state index contributed by atoms with van der Waals surface area (Å²) in [5.41, 5.74) is 2.15. The number of fused-ring (bicyclic) bond motifs is 1. The topological polar surface area (TPSA) is 95.2 Å². The maximum atomic E-state index is 12.8. The van der Waals surface area contributed by atoms with Gasteiger partial charge in [0.1, 0.15) is 5.82 Å². The number of imidazole rings is 1. The zero-order valence-electron chi connectivity index (χ0n) is 16.0. The van der Waals surface area contributed by atoms with Gasteiger partial charge in [-0.1, -0.05) is 17.7 Å². The Labute approximate surface area is 182 Å². The first-order valence-electron chi connectivity index (χ1n) is 8.83. The SMILES string of the molecule is CN(C)S(=O)(=O)c1ccc(Cl)c(C(=O)Nc2ccc3nc(-c4cccs4)[nH]c3c2)c1. The van der Waals surface area contributed by atoms with Crippen LogP contribution in [-0.4, -0.2) is 42.7 Å². The highest BCUT2D eigenvalue weighted by atomic mass is 35.5. The Balaban J connectivity index is 1.63. The molecule has 7 nitrogen and oxygen atoms in total. The number of anilines is 1. The van der Waals surface area contributed by atoms with E-state index in [0.29, 0.717) is 5.69 Å². The molecule has 2 aromatic carbocycles. The van der Waals surface area contributed by atoms with Gasteiger partial charge in [0.2, 0.25) is 10.0 Å². The molecule has 1 amide bonds. The van der Waals surface area contributed by atoms with E-state index in [4.69, 9.17) is 11.6 Å². The number of aromatic nitrogens is 2. The van der Waals surface area contributed by atoms with Crippen LogP contribution in [0.1, 0.15) is 10.4 Å². The van der Waals surface area contributed by atoms with E-state index in [-0.39, 0.29) is 15.5 Å². The molecule has 0 aliphatic heterocycles. The molecule has 0 atom stereocenters. The molecule has 0 aliphatic carbocycles. The van der Waals surface area contributed by atoms with Crippen molar-refractivity contribution < 1.29 is 13.2 Å². The van der Waals surface area contributed by atoms with Crippen LogP contribution in [0.4, 0.5) is 5.69 Å². The van der Waals surface area contributed by atoms with Crippen molar-refractivity contribution in [1.29, 1.82) is 0 Å². The summed E-state index contributed by atoms with van der Waals surface area (Å²) in [4.78, 5) is 21.6. The minimum absolute atomic E-state index is 0.00772. The Morgan fingerprint density at radius 1 is 1.17 bits per heavy atom. The van der Waals surface area contributed by atoms with E-state index in [0.717, 1.165) is 26.0 Å². The Bertz CT molecular complexity index is 1350. The minimum Gasteiger partial charge on any atom is -0.337 e. The predicted octanol–water partition coefficient (Wildman–Crippen LogP) is 4.45. The number of H-pyrrole nitrogens is 1. The summed E-state index contributed by atoms with van der Waals surface area (Å²) in [6.45, 7) is 0. The summed E-state index contributed by atoms with van der Waals surface area (Å²) in [6.07, 6.45) is 0. The number of hydrogen-bond donors (Lipinski definition) is 2. The highest BCUT2D eigenvalue weighted by Gasteiger charge is 2.21. The van der Waals surface area contributed by atoms with Gasteiger partial charge in [0, 0.05) is 19.8 Å². The van der Waals surface area contributed by atoms with E-state index in [1.807, 2.05) is 17.5 Å². The molecule has 2 heterocycles. The molecule has 10 heteroatoms. The number of amides is 1. The molecule has 0 spiro atoms. The lowest BCUT2D eigenvalue weighted by Gasteiger charge is -2.13. The van der Waals surface area contributed by atoms with E-state index in [1.165, 1.54) is 32.3 Å².